The molecule has 1 amide bonds. The maximum Gasteiger partial charge on any atom is 0.237 e. The summed E-state index contributed by atoms with van der Waals surface area (Å²) in [6.07, 6.45) is 0.884. The van der Waals surface area contributed by atoms with Crippen molar-refractivity contribution in [1.29, 1.82) is 0 Å². The second-order valence-corrected chi connectivity index (χ2v) is 4.13. The molecule has 0 aromatic rings. The van der Waals surface area contributed by atoms with Crippen LogP contribution in [0.4, 0.5) is 0 Å². The smallest absolute Gasteiger partial charge is 0.237 e. The van der Waals surface area contributed by atoms with Gasteiger partial charge in [-0.05, 0) is 33.2 Å². The van der Waals surface area contributed by atoms with Gasteiger partial charge >= 0.3 is 0 Å². The highest BCUT2D eigenvalue weighted by molar-refractivity contribution is 5.85. The summed E-state index contributed by atoms with van der Waals surface area (Å²) in [6, 6.07) is 0.165. The van der Waals surface area contributed by atoms with E-state index in [1.807, 2.05) is 20.9 Å². The van der Waals surface area contributed by atoms with Gasteiger partial charge in [-0.1, -0.05) is 13.8 Å². The first kappa shape index (κ1) is 16.2. The van der Waals surface area contributed by atoms with Crippen LogP contribution in [0.15, 0.2) is 0 Å². The monoisotopic (exact) mass is 222 g/mol. The van der Waals surface area contributed by atoms with Crippen molar-refractivity contribution in [2.45, 2.75) is 46.2 Å². The lowest BCUT2D eigenvalue weighted by Gasteiger charge is -2.19. The van der Waals surface area contributed by atoms with Crippen LogP contribution < -0.4 is 10.6 Å². The maximum absolute atomic E-state index is 11.5. The predicted molar refractivity (Wildman–Crippen MR) is 62.8 cm³/mol. The zero-order valence-electron chi connectivity index (χ0n) is 9.76. The Hall–Kier alpha value is -0.280. The van der Waals surface area contributed by atoms with E-state index in [0.717, 1.165) is 6.42 Å². The Morgan fingerprint density at radius 3 is 2.00 bits per heavy atom. The average molecular weight is 223 g/mol. The molecule has 4 heteroatoms. The van der Waals surface area contributed by atoms with Crippen LogP contribution >= 0.6 is 12.4 Å². The van der Waals surface area contributed by atoms with Crippen LogP contribution in [0.3, 0.4) is 0 Å². The molecule has 86 valence electrons. The molecule has 0 aliphatic heterocycles. The fourth-order valence-corrected chi connectivity index (χ4v) is 1.21. The summed E-state index contributed by atoms with van der Waals surface area (Å²) in [5, 5.41) is 5.92. The van der Waals surface area contributed by atoms with Crippen LogP contribution in [0.5, 0.6) is 0 Å². The normalized spacial score (nSPS) is 12.5. The van der Waals surface area contributed by atoms with Crippen molar-refractivity contribution in [2.24, 2.45) is 5.92 Å². The van der Waals surface area contributed by atoms with Crippen molar-refractivity contribution in [1.82, 2.24) is 10.6 Å². The number of hydrogen-bond acceptors (Lipinski definition) is 2. The van der Waals surface area contributed by atoms with Crippen molar-refractivity contribution in [3.8, 4) is 0 Å². The summed E-state index contributed by atoms with van der Waals surface area (Å²) in [5.41, 5.74) is 0. The summed E-state index contributed by atoms with van der Waals surface area (Å²) in [5.74, 6) is 0.640. The molecule has 2 N–H and O–H groups in total. The Morgan fingerprint density at radius 1 is 1.21 bits per heavy atom. The minimum atomic E-state index is -0.0533. The van der Waals surface area contributed by atoms with Crippen molar-refractivity contribution in [3.05, 3.63) is 0 Å². The third kappa shape index (κ3) is 7.15. The van der Waals surface area contributed by atoms with E-state index < -0.39 is 0 Å². The van der Waals surface area contributed by atoms with Gasteiger partial charge in [-0.3, -0.25) is 4.79 Å². The molecule has 0 aromatic carbocycles. The van der Waals surface area contributed by atoms with Gasteiger partial charge in [0.25, 0.3) is 0 Å². The van der Waals surface area contributed by atoms with E-state index in [9.17, 15) is 4.79 Å². The lowest BCUT2D eigenvalue weighted by atomic mass is 10.0. The molecule has 0 fully saturated rings. The highest BCUT2D eigenvalue weighted by Gasteiger charge is 2.17. The van der Waals surface area contributed by atoms with Gasteiger partial charge in [-0.15, -0.1) is 12.4 Å². The van der Waals surface area contributed by atoms with E-state index in [1.165, 1.54) is 0 Å². The number of nitrogens with one attached hydrogen (secondary N) is 2. The molecule has 14 heavy (non-hydrogen) atoms. The first-order valence-corrected chi connectivity index (χ1v) is 4.95. The Morgan fingerprint density at radius 2 is 1.71 bits per heavy atom. The summed E-state index contributed by atoms with van der Waals surface area (Å²) in [4.78, 5) is 11.5. The van der Waals surface area contributed by atoms with Crippen LogP contribution in [0.2, 0.25) is 0 Å². The highest BCUT2D eigenvalue weighted by atomic mass is 35.5. The summed E-state index contributed by atoms with van der Waals surface area (Å²) in [6.45, 7) is 8.18. The Balaban J connectivity index is 0. The fraction of sp³-hybridized carbons (Fsp3) is 0.900. The largest absolute Gasteiger partial charge is 0.353 e. The third-order valence-electron chi connectivity index (χ3n) is 1.80. The number of amides is 1. The number of hydrogen-bond donors (Lipinski definition) is 2. The zero-order valence-corrected chi connectivity index (χ0v) is 10.6. The average Bonchev–Trinajstić information content (AvgIpc) is 1.98. The van der Waals surface area contributed by atoms with Crippen molar-refractivity contribution < 1.29 is 4.79 Å². The minimum absolute atomic E-state index is 0. The molecule has 1 atom stereocenters. The van der Waals surface area contributed by atoms with E-state index in [1.54, 1.807) is 0 Å². The van der Waals surface area contributed by atoms with Gasteiger partial charge in [-0.2, -0.15) is 0 Å². The molecule has 0 rings (SSSR count). The molecule has 0 aliphatic carbocycles. The SMILES string of the molecule is CN[C@@H](CC(C)C)C(=O)NC(C)C.Cl. The summed E-state index contributed by atoms with van der Waals surface area (Å²) in [7, 11) is 1.83. The Labute approximate surface area is 93.4 Å². The van der Waals surface area contributed by atoms with Gasteiger partial charge in [0.05, 0.1) is 6.04 Å². The molecule has 0 radical (unpaired) electrons. The first-order chi connectivity index (χ1) is 5.97. The van der Waals surface area contributed by atoms with Crippen LogP contribution in [0.25, 0.3) is 0 Å². The second kappa shape index (κ2) is 8.06. The van der Waals surface area contributed by atoms with E-state index in [-0.39, 0.29) is 30.4 Å². The molecular weight excluding hydrogens is 200 g/mol. The molecule has 0 heterocycles. The van der Waals surface area contributed by atoms with Crippen molar-refractivity contribution in [3.63, 3.8) is 0 Å². The Bertz CT molecular complexity index is 160. The van der Waals surface area contributed by atoms with Crippen LogP contribution in [-0.4, -0.2) is 25.0 Å². The molecule has 0 unspecified atom stereocenters. The predicted octanol–water partition coefficient (Wildman–Crippen LogP) is 1.57. The Kier molecular flexibility index (Phi) is 9.31. The molecular formula is C10H23ClN2O. The number of rotatable bonds is 5. The molecule has 0 spiro atoms. The van der Waals surface area contributed by atoms with Gasteiger partial charge in [0.2, 0.25) is 5.91 Å². The lowest BCUT2D eigenvalue weighted by Crippen LogP contribution is -2.45. The number of halogens is 1. The summed E-state index contributed by atoms with van der Waals surface area (Å²) < 4.78 is 0. The van der Waals surface area contributed by atoms with Gasteiger partial charge in [0.15, 0.2) is 0 Å². The maximum atomic E-state index is 11.5. The standard InChI is InChI=1S/C10H22N2O.ClH/c1-7(2)6-9(11-5)10(13)12-8(3)4;/h7-9,11H,6H2,1-5H3,(H,12,13);1H/t9-;/m0./s1. The van der Waals surface area contributed by atoms with Crippen molar-refractivity contribution >= 4 is 18.3 Å². The molecule has 0 aromatic heterocycles. The van der Waals surface area contributed by atoms with Gasteiger partial charge < -0.3 is 10.6 Å². The third-order valence-corrected chi connectivity index (χ3v) is 1.80. The van der Waals surface area contributed by atoms with Gasteiger partial charge in [-0.25, -0.2) is 0 Å². The quantitative estimate of drug-likeness (QED) is 0.742. The van der Waals surface area contributed by atoms with E-state index in [2.05, 4.69) is 24.5 Å². The number of carbonyl (C=O) groups is 1. The number of likely N-dealkylation sites (N-methyl/N-ethyl adjacent to an activating group) is 1. The van der Waals surface area contributed by atoms with Gasteiger partial charge in [0.1, 0.15) is 0 Å². The van der Waals surface area contributed by atoms with Crippen LogP contribution in [0, 0.1) is 5.92 Å². The second-order valence-electron chi connectivity index (χ2n) is 4.13. The van der Waals surface area contributed by atoms with E-state index >= 15 is 0 Å². The van der Waals surface area contributed by atoms with Crippen molar-refractivity contribution in [2.75, 3.05) is 7.05 Å². The zero-order chi connectivity index (χ0) is 10.4. The lowest BCUT2D eigenvalue weighted by molar-refractivity contribution is -0.123. The summed E-state index contributed by atoms with van der Waals surface area (Å²) >= 11 is 0. The van der Waals surface area contributed by atoms with Gasteiger partial charge in [0, 0.05) is 6.04 Å². The molecule has 0 bridgehead atoms. The van der Waals surface area contributed by atoms with E-state index in [0.29, 0.717) is 5.92 Å². The van der Waals surface area contributed by atoms with E-state index in [4.69, 9.17) is 0 Å². The highest BCUT2D eigenvalue weighted by Crippen LogP contribution is 2.04. The molecule has 0 aliphatic rings. The van der Waals surface area contributed by atoms with Crippen LogP contribution in [0.1, 0.15) is 34.1 Å². The number of carbonyl (C=O) groups excluding carboxylic acids is 1. The topological polar surface area (TPSA) is 41.1 Å². The fourth-order valence-electron chi connectivity index (χ4n) is 1.21. The molecule has 0 saturated heterocycles. The molecule has 0 saturated carbocycles. The molecule has 3 nitrogen and oxygen atoms in total. The van der Waals surface area contributed by atoms with Crippen LogP contribution in [-0.2, 0) is 4.79 Å². The first-order valence-electron chi connectivity index (χ1n) is 4.95. The minimum Gasteiger partial charge on any atom is -0.353 e.